The van der Waals surface area contributed by atoms with Gasteiger partial charge in [0.2, 0.25) is 65.4 Å². The number of rotatable bonds is 9. The summed E-state index contributed by atoms with van der Waals surface area (Å²) in [5.41, 5.74) is 10.0. The smallest absolute Gasteiger partial charge is 0.243 e. The van der Waals surface area contributed by atoms with E-state index in [9.17, 15) is 33.2 Å². The van der Waals surface area contributed by atoms with Gasteiger partial charge in [-0.15, -0.1) is 0 Å². The molecule has 0 spiro atoms. The minimum absolute atomic E-state index is 0.00327. The number of hydrogen-bond donors (Lipinski definition) is 13. The number of fused-ring (bicyclic) bond motifs is 13. The lowest BCUT2D eigenvalue weighted by Gasteiger charge is -2.33. The third kappa shape index (κ3) is 19.3. The van der Waals surface area contributed by atoms with Crippen LogP contribution in [-0.2, 0) is 89.9 Å². The summed E-state index contributed by atoms with van der Waals surface area (Å²) in [7, 11) is 0. The summed E-state index contributed by atoms with van der Waals surface area (Å²) in [6.07, 6.45) is 5.66. The minimum atomic E-state index is -1.84. The number of nitrogens with two attached hydrogens (primary N) is 1. The molecule has 1 aliphatic carbocycles. The summed E-state index contributed by atoms with van der Waals surface area (Å²) in [5.74, 6) is -9.47. The molecule has 15 N–H and O–H groups in total. The summed E-state index contributed by atoms with van der Waals surface area (Å²) in [6.45, 7) is 2.82. The average Bonchev–Trinajstić information content (AvgIpc) is 1.59. The fourth-order valence-electron chi connectivity index (χ4n) is 13.0. The van der Waals surface area contributed by atoms with Gasteiger partial charge in [-0.25, -0.2) is 13.8 Å². The Balaban J connectivity index is 1.02. The van der Waals surface area contributed by atoms with E-state index in [2.05, 4.69) is 67.8 Å². The summed E-state index contributed by atoms with van der Waals surface area (Å²) in [5, 5.41) is 25.3. The second-order valence-corrected chi connectivity index (χ2v) is 28.2. The predicted octanol–water partition coefficient (Wildman–Crippen LogP) is 3.28. The molecule has 1 saturated carbocycles. The van der Waals surface area contributed by atoms with Gasteiger partial charge in [-0.2, -0.15) is 23.5 Å². The van der Waals surface area contributed by atoms with E-state index in [4.69, 9.17) is 5.73 Å². The Morgan fingerprint density at radius 3 is 1.89 bits per heavy atom. The molecule has 10 amide bonds. The third-order valence-electron chi connectivity index (χ3n) is 18.6. The van der Waals surface area contributed by atoms with Crippen molar-refractivity contribution in [2.24, 2.45) is 17.1 Å². The van der Waals surface area contributed by atoms with Crippen LogP contribution in [0, 0.1) is 29.9 Å². The van der Waals surface area contributed by atoms with Crippen molar-refractivity contribution in [1.82, 2.24) is 62.8 Å². The van der Waals surface area contributed by atoms with E-state index in [1.807, 2.05) is 43.3 Å². The maximum atomic E-state index is 15.4. The zero-order chi connectivity index (χ0) is 71.0. The number of nitrogens with one attached hydrogen (secondary N) is 13. The number of hydrogen-bond acceptors (Lipinski definition) is 13. The number of aromatic amines is 4. The summed E-state index contributed by atoms with van der Waals surface area (Å²) in [6, 6.07) is 12.6. The highest BCUT2D eigenvalue weighted by molar-refractivity contribution is 7.98. The van der Waals surface area contributed by atoms with E-state index >= 15 is 28.4 Å². The highest BCUT2D eigenvalue weighted by Crippen LogP contribution is 2.45. The van der Waals surface area contributed by atoms with Crippen molar-refractivity contribution < 1.29 is 66.5 Å². The van der Waals surface area contributed by atoms with Crippen molar-refractivity contribution in [2.45, 2.75) is 145 Å². The van der Waals surface area contributed by atoms with Crippen LogP contribution in [0.15, 0.2) is 110 Å². The Labute approximate surface area is 583 Å². The van der Waals surface area contributed by atoms with Crippen LogP contribution in [0.4, 0.5) is 8.78 Å². The number of ketones is 1. The van der Waals surface area contributed by atoms with E-state index in [-0.39, 0.29) is 70.1 Å². The van der Waals surface area contributed by atoms with Crippen LogP contribution >= 0.6 is 23.5 Å². The predicted molar refractivity (Wildman–Crippen MR) is 371 cm³/mol. The van der Waals surface area contributed by atoms with Gasteiger partial charge in [-0.3, -0.25) is 57.7 Å². The maximum absolute atomic E-state index is 15.4. The van der Waals surface area contributed by atoms with Crippen LogP contribution in [0.5, 0.6) is 0 Å². The molecule has 9 atom stereocenters. The first kappa shape index (κ1) is 72.8. The first-order valence-electron chi connectivity index (χ1n) is 33.4. The Kier molecular flexibility index (Phi) is 24.6. The van der Waals surface area contributed by atoms with E-state index in [1.54, 1.807) is 19.1 Å². The van der Waals surface area contributed by atoms with Crippen molar-refractivity contribution in [2.75, 3.05) is 24.6 Å². The molecule has 25 nitrogen and oxygen atoms in total. The zero-order valence-corrected chi connectivity index (χ0v) is 57.0. The number of carbonyl (C=O) groups excluding carboxylic acids is 11. The molecule has 1 saturated heterocycles. The highest BCUT2D eigenvalue weighted by Gasteiger charge is 2.51. The van der Waals surface area contributed by atoms with Gasteiger partial charge >= 0.3 is 0 Å². The molecule has 528 valence electrons. The number of aromatic nitrogens is 4. The number of halogens is 2. The number of imidazole rings is 1. The van der Waals surface area contributed by atoms with Crippen LogP contribution in [0.3, 0.4) is 0 Å². The summed E-state index contributed by atoms with van der Waals surface area (Å²) < 4.78 is 29.9. The van der Waals surface area contributed by atoms with Gasteiger partial charge in [0.1, 0.15) is 59.8 Å². The second-order valence-electron chi connectivity index (χ2n) is 26.0. The summed E-state index contributed by atoms with van der Waals surface area (Å²) in [4.78, 5) is 172. The lowest BCUT2D eigenvalue weighted by molar-refractivity contribution is -0.376. The SMILES string of the molecule is Cc1ccc(C[C@@H]2NC(=O)[C@H](Cc3c[nH+]c[nH]3)NC(=O)[C@@H]3CC(=O)NCCCC[C@H](NC(=O)CCSCc4cccc(c4)CSC[C@@H](C(N)=O)NC(=O)[C@]4(C)CCCC4C2=O)C(=O)NCC(=O)N[C@@H](Cc2c[nH]c4ccc(F)cc24)C(=O)N[C@@H](Cc2c[nH]c4ccc(F)cc24)C(=O)N3)cc1. The first-order chi connectivity index (χ1) is 48.0. The van der Waals surface area contributed by atoms with Gasteiger partial charge in [-0.05, 0) is 110 Å². The molecule has 7 aromatic rings. The van der Waals surface area contributed by atoms with Crippen LogP contribution in [0.2, 0.25) is 0 Å². The lowest BCUT2D eigenvalue weighted by Crippen LogP contribution is -2.61. The Bertz CT molecular complexity index is 4170. The van der Waals surface area contributed by atoms with E-state index < -0.39 is 150 Å². The largest absolute Gasteiger partial charge is 0.368 e. The van der Waals surface area contributed by atoms with Gasteiger partial charge in [0.25, 0.3) is 0 Å². The third-order valence-corrected chi connectivity index (χ3v) is 20.7. The van der Waals surface area contributed by atoms with Crippen molar-refractivity contribution in [3.63, 3.8) is 0 Å². The molecule has 2 aliphatic heterocycles. The van der Waals surface area contributed by atoms with Crippen LogP contribution in [-0.4, -0.2) is 147 Å². The number of H-pyrrole nitrogens is 4. The van der Waals surface area contributed by atoms with E-state index in [1.165, 1.54) is 84.8 Å². The van der Waals surface area contributed by atoms with E-state index in [0.717, 1.165) is 16.7 Å². The lowest BCUT2D eigenvalue weighted by atomic mass is 9.74. The quantitative estimate of drug-likeness (QED) is 0.0988. The topological polar surface area (TPSA) is 384 Å². The first-order valence-corrected chi connectivity index (χ1v) is 35.7. The average molecular weight is 1410 g/mol. The molecule has 100 heavy (non-hydrogen) atoms. The monoisotopic (exact) mass is 1410 g/mol. The van der Waals surface area contributed by atoms with Gasteiger partial charge in [0, 0.05) is 95.4 Å². The molecular formula is C71H83F2N14O11S2+. The number of thioether (sulfide) groups is 2. The molecule has 4 aromatic carbocycles. The van der Waals surface area contributed by atoms with Crippen molar-refractivity contribution in [3.05, 3.63) is 161 Å². The van der Waals surface area contributed by atoms with Gasteiger partial charge in [-0.1, -0.05) is 67.4 Å². The normalized spacial score (nSPS) is 24.6. The molecule has 3 aromatic heterocycles. The highest BCUT2D eigenvalue weighted by atomic mass is 32.2. The van der Waals surface area contributed by atoms with Crippen molar-refractivity contribution in [3.8, 4) is 0 Å². The molecule has 1 unspecified atom stereocenters. The molecule has 10 rings (SSSR count). The maximum Gasteiger partial charge on any atom is 0.243 e. The van der Waals surface area contributed by atoms with Crippen molar-refractivity contribution >= 4 is 110 Å². The molecule has 5 heterocycles. The van der Waals surface area contributed by atoms with Crippen LogP contribution in [0.25, 0.3) is 21.8 Å². The van der Waals surface area contributed by atoms with Crippen LogP contribution in [0.1, 0.15) is 97.4 Å². The van der Waals surface area contributed by atoms with Crippen LogP contribution < -0.4 is 58.6 Å². The van der Waals surface area contributed by atoms with E-state index in [0.29, 0.717) is 67.9 Å². The van der Waals surface area contributed by atoms with Gasteiger partial charge < -0.3 is 63.6 Å². The second kappa shape index (κ2) is 33.8. The van der Waals surface area contributed by atoms with Gasteiger partial charge in [0.15, 0.2) is 5.78 Å². The number of carbonyl (C=O) groups is 11. The Hall–Kier alpha value is -9.90. The number of amides is 10. The number of Topliss-reactive ketones (excluding diaryl/α,β-unsaturated/α-hetero) is 1. The number of primary amides is 1. The molecule has 4 bridgehead atoms. The molecule has 0 radical (unpaired) electrons. The number of benzene rings is 4. The molecule has 3 aliphatic rings. The zero-order valence-electron chi connectivity index (χ0n) is 55.4. The fraction of sp³-hybridized carbons (Fsp3) is 0.408. The number of aryl methyl sites for hydroxylation is 1. The molecule has 2 fully saturated rings. The fourth-order valence-corrected chi connectivity index (χ4v) is 14.9. The molecular weight excluding hydrogens is 1330 g/mol. The standard InChI is InChI=1S/C71H82F2N14O11S2/c1-39-11-13-40(14-12-39)24-54-63(91)50-9-6-20-71(50,2)70(98)87-59(64(74)92)37-100-36-42-8-5-7-41(23-42)35-99-22-19-60(88)81-53-10-3-4-21-76-61(89)30-58(69(97)85-57(68(96)83-54)29-47-33-75-38-80-47)86-67(95)56(26-44-32-78-52-18-16-46(73)28-49(44)52)84-66(94)55(82-62(90)34-79-65(53)93)25-43-31-77-51-17-15-45(72)27-48(43)51/h5,7-8,11-18,23,27-28,31-33,38,50,53-59,77-78H,3-4,6,9-10,19-22,24-26,29-30,34-37H2,1-2H3,(H2,74,92)(H,75,80)(H,76,89)(H,79,93)(H,81,88)(H,82,90)(H,83,96)(H,84,94)(H,85,97)(H,86,95)(H,87,98)/p+1/t50?,53-,54-,55-,56-,57-,58-,59-,71+/m0/s1. The van der Waals surface area contributed by atoms with Crippen molar-refractivity contribution in [1.29, 1.82) is 0 Å². The van der Waals surface area contributed by atoms with Gasteiger partial charge in [0.05, 0.1) is 24.4 Å². The Morgan fingerprint density at radius 2 is 1.23 bits per heavy atom. The summed E-state index contributed by atoms with van der Waals surface area (Å²) >= 11 is 2.85. The Morgan fingerprint density at radius 1 is 0.600 bits per heavy atom. The molecule has 29 heteroatoms. The minimum Gasteiger partial charge on any atom is -0.368 e.